The molecule has 0 radical (unpaired) electrons. The first-order valence-corrected chi connectivity index (χ1v) is 6.79. The van der Waals surface area contributed by atoms with Gasteiger partial charge in [0, 0.05) is 12.6 Å². The largest absolute Gasteiger partial charge is 0.368 e. The van der Waals surface area contributed by atoms with E-state index in [-0.39, 0.29) is 5.91 Å². The molecular formula is C13H25N3O. The van der Waals surface area contributed by atoms with Gasteiger partial charge in [-0.3, -0.25) is 4.79 Å². The third-order valence-electron chi connectivity index (χ3n) is 4.61. The van der Waals surface area contributed by atoms with Gasteiger partial charge in [-0.25, -0.2) is 0 Å². The van der Waals surface area contributed by atoms with Gasteiger partial charge in [-0.15, -0.1) is 0 Å². The van der Waals surface area contributed by atoms with Crippen LogP contribution in [-0.4, -0.2) is 43.0 Å². The fourth-order valence-electron chi connectivity index (χ4n) is 3.26. The van der Waals surface area contributed by atoms with Gasteiger partial charge in [-0.05, 0) is 45.7 Å². The Kier molecular flexibility index (Phi) is 3.73. The average Bonchev–Trinajstić information content (AvgIpc) is 3.00. The molecule has 0 bridgehead atoms. The lowest BCUT2D eigenvalue weighted by molar-refractivity contribution is -0.126. The second-order valence-corrected chi connectivity index (χ2v) is 5.71. The van der Waals surface area contributed by atoms with Crippen LogP contribution in [0.4, 0.5) is 0 Å². The molecule has 1 atom stereocenters. The molecule has 2 rings (SSSR count). The number of nitrogens with two attached hydrogens (primary N) is 1. The zero-order valence-electron chi connectivity index (χ0n) is 11.0. The van der Waals surface area contributed by atoms with Gasteiger partial charge in [0.05, 0.1) is 0 Å². The van der Waals surface area contributed by atoms with Crippen molar-refractivity contribution in [2.24, 2.45) is 11.7 Å². The average molecular weight is 239 g/mol. The molecule has 0 saturated heterocycles. The van der Waals surface area contributed by atoms with Crippen molar-refractivity contribution in [2.45, 2.75) is 50.1 Å². The Bertz CT molecular complexity index is 284. The molecule has 1 unspecified atom stereocenters. The van der Waals surface area contributed by atoms with E-state index in [1.54, 1.807) is 0 Å². The smallest absolute Gasteiger partial charge is 0.239 e. The van der Waals surface area contributed by atoms with E-state index in [4.69, 9.17) is 5.73 Å². The van der Waals surface area contributed by atoms with Crippen LogP contribution in [0.25, 0.3) is 0 Å². The Morgan fingerprint density at radius 3 is 2.35 bits per heavy atom. The number of carbonyl (C=O) groups excluding carboxylic acids is 1. The quantitative estimate of drug-likeness (QED) is 0.718. The molecule has 2 fully saturated rings. The zero-order valence-corrected chi connectivity index (χ0v) is 11.0. The summed E-state index contributed by atoms with van der Waals surface area (Å²) in [6.07, 6.45) is 7.42. The van der Waals surface area contributed by atoms with Crippen LogP contribution in [0.5, 0.6) is 0 Å². The van der Waals surface area contributed by atoms with Gasteiger partial charge < -0.3 is 16.0 Å². The fourth-order valence-corrected chi connectivity index (χ4v) is 3.26. The number of nitrogens with one attached hydrogen (secondary N) is 1. The second-order valence-electron chi connectivity index (χ2n) is 5.71. The minimum absolute atomic E-state index is 0.188. The fraction of sp³-hybridized carbons (Fsp3) is 0.923. The minimum atomic E-state index is -0.503. The Morgan fingerprint density at radius 1 is 1.35 bits per heavy atom. The van der Waals surface area contributed by atoms with Crippen LogP contribution in [0, 0.1) is 5.92 Å². The van der Waals surface area contributed by atoms with Crippen molar-refractivity contribution in [3.8, 4) is 0 Å². The summed E-state index contributed by atoms with van der Waals surface area (Å²) in [5.74, 6) is 0.251. The van der Waals surface area contributed by atoms with E-state index in [9.17, 15) is 4.79 Å². The third kappa shape index (κ3) is 2.47. The maximum absolute atomic E-state index is 11.8. The highest BCUT2D eigenvalue weighted by Crippen LogP contribution is 2.40. The number of hydrogen-bond acceptors (Lipinski definition) is 3. The summed E-state index contributed by atoms with van der Waals surface area (Å²) >= 11 is 0. The molecule has 2 aliphatic carbocycles. The third-order valence-corrected chi connectivity index (χ3v) is 4.61. The van der Waals surface area contributed by atoms with E-state index in [0.29, 0.717) is 12.0 Å². The summed E-state index contributed by atoms with van der Waals surface area (Å²) in [5.41, 5.74) is 5.14. The molecule has 0 spiro atoms. The second kappa shape index (κ2) is 4.94. The molecule has 0 aromatic rings. The number of nitrogens with zero attached hydrogens (tertiary/aromatic N) is 1. The van der Waals surface area contributed by atoms with Gasteiger partial charge in [0.2, 0.25) is 5.91 Å². The van der Waals surface area contributed by atoms with Gasteiger partial charge in [-0.2, -0.15) is 0 Å². The summed E-state index contributed by atoms with van der Waals surface area (Å²) in [6, 6.07) is 0.640. The Labute approximate surface area is 104 Å². The molecule has 2 saturated carbocycles. The van der Waals surface area contributed by atoms with E-state index in [2.05, 4.69) is 17.3 Å². The van der Waals surface area contributed by atoms with Crippen molar-refractivity contribution < 1.29 is 4.79 Å². The van der Waals surface area contributed by atoms with Crippen LogP contribution < -0.4 is 11.1 Å². The van der Waals surface area contributed by atoms with Gasteiger partial charge in [-0.1, -0.05) is 12.8 Å². The van der Waals surface area contributed by atoms with E-state index in [1.807, 2.05) is 7.05 Å². The number of likely N-dealkylation sites (N-methyl/N-ethyl adjacent to an activating group) is 2. The van der Waals surface area contributed by atoms with Crippen molar-refractivity contribution in [2.75, 3.05) is 20.6 Å². The van der Waals surface area contributed by atoms with Crippen molar-refractivity contribution >= 4 is 5.91 Å². The van der Waals surface area contributed by atoms with Crippen LogP contribution in [-0.2, 0) is 4.79 Å². The van der Waals surface area contributed by atoms with Crippen LogP contribution in [0.3, 0.4) is 0 Å². The zero-order chi connectivity index (χ0) is 12.5. The molecule has 4 heteroatoms. The SMILES string of the molecule is CNC(CN(C)C1CCCC1)(C(N)=O)C1CC1. The molecule has 98 valence electrons. The van der Waals surface area contributed by atoms with E-state index in [1.165, 1.54) is 25.7 Å². The van der Waals surface area contributed by atoms with Crippen molar-refractivity contribution in [3.63, 3.8) is 0 Å². The molecule has 0 aliphatic heterocycles. The van der Waals surface area contributed by atoms with E-state index in [0.717, 1.165) is 19.4 Å². The van der Waals surface area contributed by atoms with Crippen molar-refractivity contribution in [1.29, 1.82) is 0 Å². The predicted molar refractivity (Wildman–Crippen MR) is 68.6 cm³/mol. The molecule has 3 N–H and O–H groups in total. The van der Waals surface area contributed by atoms with Gasteiger partial charge >= 0.3 is 0 Å². The normalized spacial score (nSPS) is 25.1. The summed E-state index contributed by atoms with van der Waals surface area (Å²) in [5, 5.41) is 3.22. The lowest BCUT2D eigenvalue weighted by atomic mass is 9.91. The molecular weight excluding hydrogens is 214 g/mol. The van der Waals surface area contributed by atoms with Crippen LogP contribution in [0.1, 0.15) is 38.5 Å². The van der Waals surface area contributed by atoms with E-state index < -0.39 is 5.54 Å². The number of rotatable bonds is 6. The Morgan fingerprint density at radius 2 is 1.94 bits per heavy atom. The Hall–Kier alpha value is -0.610. The van der Waals surface area contributed by atoms with Crippen LogP contribution in [0.15, 0.2) is 0 Å². The summed E-state index contributed by atoms with van der Waals surface area (Å²) in [4.78, 5) is 14.2. The Balaban J connectivity index is 2.03. The molecule has 4 nitrogen and oxygen atoms in total. The predicted octanol–water partition coefficient (Wildman–Crippen LogP) is 0.714. The lowest BCUT2D eigenvalue weighted by Crippen LogP contribution is -2.62. The molecule has 0 aromatic heterocycles. The van der Waals surface area contributed by atoms with Gasteiger partial charge in [0.1, 0.15) is 5.54 Å². The minimum Gasteiger partial charge on any atom is -0.368 e. The maximum Gasteiger partial charge on any atom is 0.239 e. The number of primary amides is 1. The molecule has 17 heavy (non-hydrogen) atoms. The van der Waals surface area contributed by atoms with Gasteiger partial charge in [0.15, 0.2) is 0 Å². The first kappa shape index (κ1) is 12.8. The molecule has 2 aliphatic rings. The summed E-state index contributed by atoms with van der Waals surface area (Å²) in [6.45, 7) is 0.758. The van der Waals surface area contributed by atoms with Gasteiger partial charge in [0.25, 0.3) is 0 Å². The lowest BCUT2D eigenvalue weighted by Gasteiger charge is -2.37. The number of hydrogen-bond donors (Lipinski definition) is 2. The monoisotopic (exact) mass is 239 g/mol. The first-order valence-electron chi connectivity index (χ1n) is 6.79. The maximum atomic E-state index is 11.8. The summed E-state index contributed by atoms with van der Waals surface area (Å²) < 4.78 is 0. The highest BCUT2D eigenvalue weighted by atomic mass is 16.1. The van der Waals surface area contributed by atoms with Crippen LogP contribution >= 0.6 is 0 Å². The first-order chi connectivity index (χ1) is 8.10. The number of amides is 1. The van der Waals surface area contributed by atoms with E-state index >= 15 is 0 Å². The molecule has 1 amide bonds. The topological polar surface area (TPSA) is 58.4 Å². The van der Waals surface area contributed by atoms with Crippen molar-refractivity contribution in [3.05, 3.63) is 0 Å². The van der Waals surface area contributed by atoms with Crippen molar-refractivity contribution in [1.82, 2.24) is 10.2 Å². The summed E-state index contributed by atoms with van der Waals surface area (Å²) in [7, 11) is 4.00. The highest BCUT2D eigenvalue weighted by molar-refractivity contribution is 5.86. The number of carbonyl (C=O) groups is 1. The standard InChI is InChI=1S/C13H25N3O/c1-15-13(12(14)17,10-7-8-10)9-16(2)11-5-3-4-6-11/h10-11,15H,3-9H2,1-2H3,(H2,14,17). The molecule has 0 heterocycles. The molecule has 0 aromatic carbocycles. The highest BCUT2D eigenvalue weighted by Gasteiger charge is 2.49. The van der Waals surface area contributed by atoms with Crippen LogP contribution in [0.2, 0.25) is 0 Å².